The molecule has 24 heavy (non-hydrogen) atoms. The first-order chi connectivity index (χ1) is 11.6. The Morgan fingerprint density at radius 1 is 1.25 bits per heavy atom. The lowest BCUT2D eigenvalue weighted by Crippen LogP contribution is -2.29. The highest BCUT2D eigenvalue weighted by atomic mass is 19.1. The second-order valence-corrected chi connectivity index (χ2v) is 5.61. The minimum atomic E-state index is -0.831. The Balaban J connectivity index is 1.80. The average molecular weight is 324 g/mol. The summed E-state index contributed by atoms with van der Waals surface area (Å²) in [6.45, 7) is 1.93. The van der Waals surface area contributed by atoms with Crippen molar-refractivity contribution in [1.82, 2.24) is 10.3 Å². The lowest BCUT2D eigenvalue weighted by Gasteiger charge is -2.15. The number of hydrogen-bond acceptors (Lipinski definition) is 3. The molecule has 4 nitrogen and oxygen atoms in total. The molecule has 0 aliphatic heterocycles. The van der Waals surface area contributed by atoms with E-state index in [9.17, 15) is 14.3 Å². The molecule has 0 spiro atoms. The second-order valence-electron chi connectivity index (χ2n) is 5.61. The van der Waals surface area contributed by atoms with Crippen LogP contribution in [0.3, 0.4) is 0 Å². The number of aromatic nitrogens is 1. The molecular weight excluding hydrogens is 307 g/mol. The molecule has 0 bridgehead atoms. The summed E-state index contributed by atoms with van der Waals surface area (Å²) in [5.41, 5.74) is 2.28. The van der Waals surface area contributed by atoms with Crippen molar-refractivity contribution >= 4 is 16.8 Å². The van der Waals surface area contributed by atoms with E-state index < -0.39 is 17.8 Å². The van der Waals surface area contributed by atoms with E-state index in [0.29, 0.717) is 10.9 Å². The Hall–Kier alpha value is -2.79. The lowest BCUT2D eigenvalue weighted by atomic mass is 10.0. The molecule has 0 saturated carbocycles. The molecule has 0 radical (unpaired) electrons. The van der Waals surface area contributed by atoms with Gasteiger partial charge < -0.3 is 10.4 Å². The molecular formula is C19H17FN2O2. The number of rotatable bonds is 4. The molecule has 0 fully saturated rings. The highest BCUT2D eigenvalue weighted by molar-refractivity contribution is 6.05. The van der Waals surface area contributed by atoms with Gasteiger partial charge in [-0.1, -0.05) is 30.3 Å². The highest BCUT2D eigenvalue weighted by Gasteiger charge is 2.16. The quantitative estimate of drug-likeness (QED) is 0.775. The minimum absolute atomic E-state index is 0.0362. The molecule has 1 atom stereocenters. The van der Waals surface area contributed by atoms with Gasteiger partial charge in [-0.15, -0.1) is 0 Å². The van der Waals surface area contributed by atoms with Crippen LogP contribution >= 0.6 is 0 Å². The third-order valence-electron chi connectivity index (χ3n) is 3.92. The predicted molar refractivity (Wildman–Crippen MR) is 90.2 cm³/mol. The molecule has 122 valence electrons. The number of aliphatic hydroxyl groups excluding tert-OH is 1. The first-order valence-corrected chi connectivity index (χ1v) is 7.62. The first kappa shape index (κ1) is 16.1. The van der Waals surface area contributed by atoms with Crippen LogP contribution in [0.5, 0.6) is 0 Å². The summed E-state index contributed by atoms with van der Waals surface area (Å²) < 4.78 is 13.7. The van der Waals surface area contributed by atoms with Crippen molar-refractivity contribution in [2.75, 3.05) is 6.54 Å². The zero-order chi connectivity index (χ0) is 17.1. The first-order valence-electron chi connectivity index (χ1n) is 7.62. The van der Waals surface area contributed by atoms with Crippen LogP contribution in [0, 0.1) is 12.7 Å². The average Bonchev–Trinajstić information content (AvgIpc) is 2.59. The van der Waals surface area contributed by atoms with Gasteiger partial charge in [0.05, 0.1) is 17.2 Å². The highest BCUT2D eigenvalue weighted by Crippen LogP contribution is 2.19. The topological polar surface area (TPSA) is 62.2 Å². The SMILES string of the molecule is Cc1ccccc1C(O)CNC(=O)c1cc(F)cc2cccnc12. The number of aliphatic hydroxyl groups is 1. The molecule has 0 aliphatic rings. The van der Waals surface area contributed by atoms with Crippen LogP contribution in [0.1, 0.15) is 27.6 Å². The molecule has 1 unspecified atom stereocenters. The molecule has 5 heteroatoms. The van der Waals surface area contributed by atoms with Gasteiger partial charge in [0.25, 0.3) is 5.91 Å². The number of halogens is 1. The zero-order valence-corrected chi connectivity index (χ0v) is 13.2. The van der Waals surface area contributed by atoms with Crippen LogP contribution in [0.25, 0.3) is 10.9 Å². The normalized spacial score (nSPS) is 12.1. The van der Waals surface area contributed by atoms with Crippen molar-refractivity contribution in [3.8, 4) is 0 Å². The van der Waals surface area contributed by atoms with Gasteiger partial charge in [-0.2, -0.15) is 0 Å². The van der Waals surface area contributed by atoms with Crippen molar-refractivity contribution in [3.05, 3.63) is 77.2 Å². The van der Waals surface area contributed by atoms with E-state index in [1.807, 2.05) is 31.2 Å². The Labute approximate surface area is 139 Å². The zero-order valence-electron chi connectivity index (χ0n) is 13.2. The van der Waals surface area contributed by atoms with Crippen molar-refractivity contribution < 1.29 is 14.3 Å². The number of carbonyl (C=O) groups excluding carboxylic acids is 1. The Kier molecular flexibility index (Phi) is 4.53. The Morgan fingerprint density at radius 3 is 2.83 bits per heavy atom. The molecule has 3 rings (SSSR count). The van der Waals surface area contributed by atoms with Gasteiger partial charge in [-0.05, 0) is 36.2 Å². The Morgan fingerprint density at radius 2 is 2.04 bits per heavy atom. The van der Waals surface area contributed by atoms with Crippen molar-refractivity contribution in [1.29, 1.82) is 0 Å². The number of nitrogens with zero attached hydrogens (tertiary/aromatic N) is 1. The second kappa shape index (κ2) is 6.76. The molecule has 0 aliphatic carbocycles. The lowest BCUT2D eigenvalue weighted by molar-refractivity contribution is 0.0917. The standard InChI is InChI=1S/C19H17FN2O2/c1-12-5-2-3-7-15(12)17(23)11-22-19(24)16-10-14(20)9-13-6-4-8-21-18(13)16/h2-10,17,23H,11H2,1H3,(H,22,24). The maximum absolute atomic E-state index is 13.7. The van der Waals surface area contributed by atoms with Crippen LogP contribution in [-0.4, -0.2) is 22.5 Å². The van der Waals surface area contributed by atoms with Gasteiger partial charge in [-0.25, -0.2) is 4.39 Å². The van der Waals surface area contributed by atoms with E-state index in [4.69, 9.17) is 0 Å². The van der Waals surface area contributed by atoms with Crippen molar-refractivity contribution in [2.45, 2.75) is 13.0 Å². The van der Waals surface area contributed by atoms with Crippen LogP contribution in [0.4, 0.5) is 4.39 Å². The molecule has 3 aromatic rings. The van der Waals surface area contributed by atoms with Gasteiger partial charge in [0.1, 0.15) is 5.82 Å². The van der Waals surface area contributed by atoms with E-state index in [1.54, 1.807) is 18.3 Å². The van der Waals surface area contributed by atoms with Crippen LogP contribution in [0.2, 0.25) is 0 Å². The number of pyridine rings is 1. The van der Waals surface area contributed by atoms with Gasteiger partial charge in [0.2, 0.25) is 0 Å². The summed E-state index contributed by atoms with van der Waals surface area (Å²) >= 11 is 0. The maximum Gasteiger partial charge on any atom is 0.253 e. The number of hydrogen-bond donors (Lipinski definition) is 2. The van der Waals surface area contributed by atoms with Gasteiger partial charge in [-0.3, -0.25) is 9.78 Å². The van der Waals surface area contributed by atoms with E-state index >= 15 is 0 Å². The number of nitrogens with one attached hydrogen (secondary N) is 1. The van der Waals surface area contributed by atoms with Gasteiger partial charge in [0, 0.05) is 18.1 Å². The van der Waals surface area contributed by atoms with Gasteiger partial charge >= 0.3 is 0 Å². The van der Waals surface area contributed by atoms with E-state index in [0.717, 1.165) is 17.2 Å². The van der Waals surface area contributed by atoms with E-state index in [2.05, 4.69) is 10.3 Å². The summed E-state index contributed by atoms with van der Waals surface area (Å²) in [6, 6.07) is 13.3. The van der Waals surface area contributed by atoms with E-state index in [-0.39, 0.29) is 12.1 Å². The summed E-state index contributed by atoms with van der Waals surface area (Å²) in [6.07, 6.45) is 0.724. The summed E-state index contributed by atoms with van der Waals surface area (Å²) in [5, 5.41) is 13.5. The number of amides is 1. The van der Waals surface area contributed by atoms with Crippen LogP contribution in [-0.2, 0) is 0 Å². The Bertz CT molecular complexity index is 895. The fourth-order valence-electron chi connectivity index (χ4n) is 2.68. The third kappa shape index (κ3) is 3.26. The number of carbonyl (C=O) groups is 1. The molecule has 1 amide bonds. The fraction of sp³-hybridized carbons (Fsp3) is 0.158. The smallest absolute Gasteiger partial charge is 0.253 e. The number of fused-ring (bicyclic) bond motifs is 1. The largest absolute Gasteiger partial charge is 0.387 e. The van der Waals surface area contributed by atoms with Gasteiger partial charge in [0.15, 0.2) is 0 Å². The number of benzene rings is 2. The predicted octanol–water partition coefficient (Wildman–Crippen LogP) is 3.15. The summed E-state index contributed by atoms with van der Waals surface area (Å²) in [7, 11) is 0. The maximum atomic E-state index is 13.7. The molecule has 1 heterocycles. The minimum Gasteiger partial charge on any atom is -0.387 e. The molecule has 1 aromatic heterocycles. The van der Waals surface area contributed by atoms with Crippen LogP contribution in [0.15, 0.2) is 54.7 Å². The summed E-state index contributed by atoms with van der Waals surface area (Å²) in [4.78, 5) is 16.6. The van der Waals surface area contributed by atoms with Crippen molar-refractivity contribution in [2.24, 2.45) is 0 Å². The number of aryl methyl sites for hydroxylation is 1. The van der Waals surface area contributed by atoms with Crippen LogP contribution < -0.4 is 5.32 Å². The monoisotopic (exact) mass is 324 g/mol. The fourth-order valence-corrected chi connectivity index (χ4v) is 2.68. The van der Waals surface area contributed by atoms with E-state index in [1.165, 1.54) is 6.07 Å². The summed E-state index contributed by atoms with van der Waals surface area (Å²) in [5.74, 6) is -0.967. The third-order valence-corrected chi connectivity index (χ3v) is 3.92. The molecule has 2 N–H and O–H groups in total. The molecule has 2 aromatic carbocycles. The van der Waals surface area contributed by atoms with Crippen molar-refractivity contribution in [3.63, 3.8) is 0 Å². The molecule has 0 saturated heterocycles.